The minimum absolute atomic E-state index is 0.436. The lowest BCUT2D eigenvalue weighted by Gasteiger charge is -2.17. The summed E-state index contributed by atoms with van der Waals surface area (Å²) in [6.45, 7) is 5.28. The zero-order chi connectivity index (χ0) is 13.0. The minimum Gasteiger partial charge on any atom is -0.357 e. The highest BCUT2D eigenvalue weighted by atomic mass is 14.9. The van der Waals surface area contributed by atoms with Gasteiger partial charge in [0.15, 0.2) is 0 Å². The van der Waals surface area contributed by atoms with Gasteiger partial charge in [-0.2, -0.15) is 0 Å². The summed E-state index contributed by atoms with van der Waals surface area (Å²) in [7, 11) is 2.06. The Morgan fingerprint density at radius 1 is 1.17 bits per heavy atom. The van der Waals surface area contributed by atoms with Gasteiger partial charge in [0.05, 0.1) is 0 Å². The Hall–Kier alpha value is -1.54. The fourth-order valence-electron chi connectivity index (χ4n) is 2.20. The molecule has 1 aromatic carbocycles. The first-order valence-electron chi connectivity index (χ1n) is 6.60. The Morgan fingerprint density at radius 2 is 1.89 bits per heavy atom. The van der Waals surface area contributed by atoms with Crippen LogP contribution >= 0.6 is 0 Å². The van der Waals surface area contributed by atoms with Gasteiger partial charge in [-0.3, -0.25) is 0 Å². The number of aryl methyl sites for hydroxylation is 2. The van der Waals surface area contributed by atoms with E-state index in [1.807, 2.05) is 0 Å². The molecular weight excluding hydrogens is 220 g/mol. The van der Waals surface area contributed by atoms with Crippen LogP contribution in [0.25, 0.3) is 0 Å². The zero-order valence-electron chi connectivity index (χ0n) is 11.5. The molecule has 0 aliphatic rings. The number of rotatable bonds is 5. The van der Waals surface area contributed by atoms with E-state index in [4.69, 9.17) is 0 Å². The van der Waals surface area contributed by atoms with Gasteiger partial charge in [0.2, 0.25) is 0 Å². The van der Waals surface area contributed by atoms with Gasteiger partial charge in [0.1, 0.15) is 0 Å². The van der Waals surface area contributed by atoms with E-state index in [9.17, 15) is 0 Å². The summed E-state index contributed by atoms with van der Waals surface area (Å²) in [4.78, 5) is 0. The fourth-order valence-corrected chi connectivity index (χ4v) is 2.20. The van der Waals surface area contributed by atoms with Gasteiger partial charge in [0.25, 0.3) is 0 Å². The molecule has 1 atom stereocenters. The molecule has 0 fully saturated rings. The van der Waals surface area contributed by atoms with Crippen molar-refractivity contribution in [3.63, 3.8) is 0 Å². The molecule has 1 aromatic heterocycles. The molecule has 2 nitrogen and oxygen atoms in total. The van der Waals surface area contributed by atoms with Crippen molar-refractivity contribution in [2.75, 3.05) is 0 Å². The predicted molar refractivity (Wildman–Crippen MR) is 76.5 cm³/mol. The van der Waals surface area contributed by atoms with Crippen LogP contribution in [0.3, 0.4) is 0 Å². The Kier molecular flexibility index (Phi) is 4.21. The second-order valence-electron chi connectivity index (χ2n) is 4.94. The average Bonchev–Trinajstić information content (AvgIpc) is 2.78. The van der Waals surface area contributed by atoms with Crippen LogP contribution in [-0.2, 0) is 13.6 Å². The molecule has 1 unspecified atom stereocenters. The monoisotopic (exact) mass is 242 g/mol. The van der Waals surface area contributed by atoms with Gasteiger partial charge >= 0.3 is 0 Å². The van der Waals surface area contributed by atoms with Gasteiger partial charge < -0.3 is 9.88 Å². The molecule has 2 heteroatoms. The molecule has 2 aromatic rings. The highest BCUT2D eigenvalue weighted by Crippen LogP contribution is 2.17. The van der Waals surface area contributed by atoms with Crippen molar-refractivity contribution in [1.29, 1.82) is 0 Å². The summed E-state index contributed by atoms with van der Waals surface area (Å²) in [5, 5.41) is 3.62. The lowest BCUT2D eigenvalue weighted by atomic mass is 10.0. The molecule has 96 valence electrons. The van der Waals surface area contributed by atoms with E-state index in [1.54, 1.807) is 0 Å². The van der Waals surface area contributed by atoms with Crippen molar-refractivity contribution in [3.8, 4) is 0 Å². The van der Waals surface area contributed by atoms with Gasteiger partial charge in [-0.05, 0) is 30.5 Å². The third-order valence-corrected chi connectivity index (χ3v) is 3.33. The number of nitrogens with one attached hydrogen (secondary N) is 1. The maximum Gasteiger partial charge on any atom is 0.0320 e. The van der Waals surface area contributed by atoms with Crippen molar-refractivity contribution in [3.05, 3.63) is 59.4 Å². The molecule has 0 aliphatic carbocycles. The third-order valence-electron chi connectivity index (χ3n) is 3.33. The van der Waals surface area contributed by atoms with Crippen LogP contribution in [0, 0.1) is 6.92 Å². The fraction of sp³-hybridized carbons (Fsp3) is 0.375. The molecule has 1 N–H and O–H groups in total. The average molecular weight is 242 g/mol. The van der Waals surface area contributed by atoms with Crippen LogP contribution < -0.4 is 5.32 Å². The van der Waals surface area contributed by atoms with E-state index in [1.165, 1.54) is 16.7 Å². The second kappa shape index (κ2) is 5.87. The SMILES string of the molecule is CCC(NCc1ccn(C)c1)c1ccc(C)cc1. The maximum absolute atomic E-state index is 3.62. The van der Waals surface area contributed by atoms with E-state index in [2.05, 4.69) is 73.5 Å². The topological polar surface area (TPSA) is 17.0 Å². The van der Waals surface area contributed by atoms with E-state index < -0.39 is 0 Å². The van der Waals surface area contributed by atoms with Crippen LogP contribution in [0.5, 0.6) is 0 Å². The Labute approximate surface area is 110 Å². The van der Waals surface area contributed by atoms with Crippen molar-refractivity contribution in [1.82, 2.24) is 9.88 Å². The quantitative estimate of drug-likeness (QED) is 0.848. The van der Waals surface area contributed by atoms with Crippen molar-refractivity contribution in [2.45, 2.75) is 32.9 Å². The van der Waals surface area contributed by atoms with E-state index in [0.29, 0.717) is 6.04 Å². The van der Waals surface area contributed by atoms with Crippen molar-refractivity contribution in [2.24, 2.45) is 7.05 Å². The zero-order valence-corrected chi connectivity index (χ0v) is 11.5. The largest absolute Gasteiger partial charge is 0.357 e. The van der Waals surface area contributed by atoms with Crippen LogP contribution in [0.1, 0.15) is 36.1 Å². The first-order valence-corrected chi connectivity index (χ1v) is 6.60. The molecule has 0 saturated carbocycles. The van der Waals surface area contributed by atoms with Crippen LogP contribution in [0.4, 0.5) is 0 Å². The third kappa shape index (κ3) is 3.23. The highest BCUT2D eigenvalue weighted by molar-refractivity contribution is 5.24. The van der Waals surface area contributed by atoms with Gasteiger partial charge in [-0.25, -0.2) is 0 Å². The van der Waals surface area contributed by atoms with E-state index in [0.717, 1.165) is 13.0 Å². The van der Waals surface area contributed by atoms with Crippen LogP contribution in [0.15, 0.2) is 42.7 Å². The van der Waals surface area contributed by atoms with E-state index >= 15 is 0 Å². The summed E-state index contributed by atoms with van der Waals surface area (Å²) in [6.07, 6.45) is 5.36. The van der Waals surface area contributed by atoms with Gasteiger partial charge in [-0.15, -0.1) is 0 Å². The normalized spacial score (nSPS) is 12.6. The molecule has 0 spiro atoms. The first kappa shape index (κ1) is 12.9. The lowest BCUT2D eigenvalue weighted by Crippen LogP contribution is -2.20. The standard InChI is InChI=1S/C16H22N2/c1-4-16(15-7-5-13(2)6-8-15)17-11-14-9-10-18(3)12-14/h5-10,12,16-17H,4,11H2,1-3H3. The van der Waals surface area contributed by atoms with Gasteiger partial charge in [0, 0.05) is 32.0 Å². The Bertz CT molecular complexity index is 482. The number of aromatic nitrogens is 1. The first-order chi connectivity index (χ1) is 8.69. The van der Waals surface area contributed by atoms with Crippen LogP contribution in [-0.4, -0.2) is 4.57 Å². The summed E-state index contributed by atoms with van der Waals surface area (Å²) in [5.41, 5.74) is 4.03. The summed E-state index contributed by atoms with van der Waals surface area (Å²) < 4.78 is 2.09. The number of benzene rings is 1. The molecule has 0 bridgehead atoms. The van der Waals surface area contributed by atoms with Crippen molar-refractivity contribution >= 4 is 0 Å². The molecule has 1 heterocycles. The minimum atomic E-state index is 0.436. The lowest BCUT2D eigenvalue weighted by molar-refractivity contribution is 0.519. The Balaban J connectivity index is 1.99. The Morgan fingerprint density at radius 3 is 2.44 bits per heavy atom. The number of hydrogen-bond acceptors (Lipinski definition) is 1. The summed E-state index contributed by atoms with van der Waals surface area (Å²) in [5.74, 6) is 0. The molecule has 0 amide bonds. The molecule has 2 rings (SSSR count). The molecular formula is C16H22N2. The molecule has 18 heavy (non-hydrogen) atoms. The number of hydrogen-bond donors (Lipinski definition) is 1. The van der Waals surface area contributed by atoms with Gasteiger partial charge in [-0.1, -0.05) is 36.8 Å². The predicted octanol–water partition coefficient (Wildman–Crippen LogP) is 3.57. The van der Waals surface area contributed by atoms with E-state index in [-0.39, 0.29) is 0 Å². The molecule has 0 saturated heterocycles. The highest BCUT2D eigenvalue weighted by Gasteiger charge is 2.08. The summed E-state index contributed by atoms with van der Waals surface area (Å²) >= 11 is 0. The number of nitrogens with zero attached hydrogens (tertiary/aromatic N) is 1. The maximum atomic E-state index is 3.62. The second-order valence-corrected chi connectivity index (χ2v) is 4.94. The van der Waals surface area contributed by atoms with Crippen LogP contribution in [0.2, 0.25) is 0 Å². The molecule has 0 aliphatic heterocycles. The molecule has 0 radical (unpaired) electrons. The summed E-state index contributed by atoms with van der Waals surface area (Å²) in [6, 6.07) is 11.4. The smallest absolute Gasteiger partial charge is 0.0320 e. The van der Waals surface area contributed by atoms with Crippen molar-refractivity contribution < 1.29 is 0 Å².